The minimum atomic E-state index is -0.579. The minimum Gasteiger partial charge on any atom is -0.508 e. The van der Waals surface area contributed by atoms with Crippen molar-refractivity contribution in [1.82, 2.24) is 5.32 Å². The number of carbonyl (C=O) groups excluding carboxylic acids is 1. The van der Waals surface area contributed by atoms with Gasteiger partial charge in [-0.1, -0.05) is 127 Å². The number of nitrogens with one attached hydrogen (secondary N) is 1. The maximum absolute atomic E-state index is 13.6. The average Bonchev–Trinajstić information content (AvgIpc) is 3.00. The van der Waals surface area contributed by atoms with Gasteiger partial charge in [0.05, 0.1) is 5.03 Å². The molecule has 2 aromatic rings. The summed E-state index contributed by atoms with van der Waals surface area (Å²) in [4.78, 5) is 16.0. The Bertz CT molecular complexity index is 1290. The molecule has 0 bridgehead atoms. The summed E-state index contributed by atoms with van der Waals surface area (Å²) in [6, 6.07) is 10.1. The second kappa shape index (κ2) is 20.1. The Morgan fingerprint density at radius 2 is 1.81 bits per heavy atom. The molecule has 0 heterocycles. The second-order valence-corrected chi connectivity index (χ2v) is 11.5. The van der Waals surface area contributed by atoms with Crippen LogP contribution in [-0.2, 0) is 0 Å². The smallest absolute Gasteiger partial charge is 0.159 e. The Morgan fingerprint density at radius 3 is 2.35 bits per heavy atom. The number of hydrogen-bond donors (Lipinski definition) is 2. The number of amidine groups is 1. The van der Waals surface area contributed by atoms with Crippen LogP contribution in [0.4, 0.5) is 4.39 Å². The number of hydrogen-bond acceptors (Lipinski definition) is 3. The lowest BCUT2D eigenvalue weighted by Gasteiger charge is -2.27. The zero-order valence-corrected chi connectivity index (χ0v) is 28.4. The molecule has 43 heavy (non-hydrogen) atoms. The molecular weight excluding hydrogens is 582 g/mol. The van der Waals surface area contributed by atoms with Crippen molar-refractivity contribution in [2.75, 3.05) is 7.05 Å². The Labute approximate surface area is 268 Å². The van der Waals surface area contributed by atoms with Gasteiger partial charge < -0.3 is 10.4 Å². The van der Waals surface area contributed by atoms with Crippen LogP contribution in [0, 0.1) is 11.8 Å². The molecule has 2 N–H and O–H groups in total. The summed E-state index contributed by atoms with van der Waals surface area (Å²) in [5.41, 5.74) is 2.56. The van der Waals surface area contributed by atoms with E-state index >= 15 is 0 Å². The van der Waals surface area contributed by atoms with E-state index in [1.165, 1.54) is 71.1 Å². The van der Waals surface area contributed by atoms with E-state index in [4.69, 9.17) is 23.2 Å². The van der Waals surface area contributed by atoms with Gasteiger partial charge in [0, 0.05) is 40.5 Å². The van der Waals surface area contributed by atoms with Gasteiger partial charge in [-0.25, -0.2) is 4.39 Å². The van der Waals surface area contributed by atoms with Gasteiger partial charge in [0.25, 0.3) is 0 Å². The number of ketones is 1. The maximum Gasteiger partial charge on any atom is 0.159 e. The number of allylic oxidation sites excluding steroid dienone is 3. The van der Waals surface area contributed by atoms with Crippen LogP contribution in [0.5, 0.6) is 0 Å². The summed E-state index contributed by atoms with van der Waals surface area (Å²) in [6.45, 7) is 15.2. The summed E-state index contributed by atoms with van der Waals surface area (Å²) in [7, 11) is 1.57. The number of aliphatic imine (C=N–C) groups is 1. The normalized spacial score (nSPS) is 15.0. The van der Waals surface area contributed by atoms with Gasteiger partial charge in [-0.15, -0.1) is 0 Å². The van der Waals surface area contributed by atoms with E-state index in [0.29, 0.717) is 38.7 Å². The van der Waals surface area contributed by atoms with Crippen LogP contribution >= 0.6 is 23.2 Å². The predicted octanol–water partition coefficient (Wildman–Crippen LogP) is 11.7. The zero-order valence-electron chi connectivity index (χ0n) is 26.9. The van der Waals surface area contributed by atoms with Crippen molar-refractivity contribution in [3.05, 3.63) is 87.8 Å². The fourth-order valence-corrected chi connectivity index (χ4v) is 5.52. The van der Waals surface area contributed by atoms with Crippen molar-refractivity contribution in [2.45, 2.75) is 86.5 Å². The number of benzene rings is 2. The average molecular weight is 632 g/mol. The van der Waals surface area contributed by atoms with Crippen LogP contribution in [0.3, 0.4) is 0 Å². The number of Topliss-reactive ketones (excluding diaryl/α,β-unsaturated/α-hetero) is 1. The van der Waals surface area contributed by atoms with Gasteiger partial charge in [-0.05, 0) is 49.5 Å². The number of nitrogens with zero attached hydrogens (tertiary/aromatic N) is 1. The van der Waals surface area contributed by atoms with Crippen molar-refractivity contribution >= 4 is 40.6 Å². The quantitative estimate of drug-likeness (QED) is 0.0952. The van der Waals surface area contributed by atoms with E-state index in [0.717, 1.165) is 11.8 Å². The molecular formula is C36H49Cl2FN2O2. The summed E-state index contributed by atoms with van der Waals surface area (Å²) in [5, 5.41) is 13.5. The highest BCUT2D eigenvalue weighted by molar-refractivity contribution is 6.34. The van der Waals surface area contributed by atoms with Crippen molar-refractivity contribution in [1.29, 1.82) is 0 Å². The molecule has 0 saturated heterocycles. The van der Waals surface area contributed by atoms with Gasteiger partial charge in [0.1, 0.15) is 17.4 Å². The van der Waals surface area contributed by atoms with Crippen LogP contribution in [0.15, 0.2) is 71.1 Å². The number of rotatable bonds is 9. The summed E-state index contributed by atoms with van der Waals surface area (Å²) in [6.07, 6.45) is 12.9. The molecule has 0 radical (unpaired) electrons. The van der Waals surface area contributed by atoms with Gasteiger partial charge in [-0.3, -0.25) is 9.79 Å². The number of carbonyl (C=O) groups is 1. The molecule has 1 saturated carbocycles. The molecule has 1 fully saturated rings. The molecule has 236 valence electrons. The van der Waals surface area contributed by atoms with E-state index in [9.17, 15) is 14.3 Å². The van der Waals surface area contributed by atoms with E-state index in [1.807, 2.05) is 13.8 Å². The molecule has 2 aromatic carbocycles. The molecule has 4 nitrogen and oxygen atoms in total. The topological polar surface area (TPSA) is 61.7 Å². The van der Waals surface area contributed by atoms with Gasteiger partial charge in [0.15, 0.2) is 5.78 Å². The van der Waals surface area contributed by atoms with E-state index in [1.54, 1.807) is 43.4 Å². The lowest BCUT2D eigenvalue weighted by atomic mass is 9.79. The lowest BCUT2D eigenvalue weighted by molar-refractivity contribution is 0.101. The SMILES string of the molecule is C=C(O)c1cc(C(C)=O)ccc1-c1c(Cl)cccc1C(=NC)N/C=C/C(F)=C(\C)Cl.CC.CCCC(C)C1CCCCC1. The number of aliphatic hydroxyl groups excluding tert-OH is 1. The first-order valence-electron chi connectivity index (χ1n) is 15.3. The van der Waals surface area contributed by atoms with Crippen LogP contribution < -0.4 is 5.32 Å². The van der Waals surface area contributed by atoms with Crippen molar-refractivity contribution in [2.24, 2.45) is 16.8 Å². The third-order valence-corrected chi connectivity index (χ3v) is 7.97. The van der Waals surface area contributed by atoms with Gasteiger partial charge in [0.2, 0.25) is 0 Å². The van der Waals surface area contributed by atoms with E-state index in [2.05, 4.69) is 30.7 Å². The second-order valence-electron chi connectivity index (χ2n) is 10.5. The van der Waals surface area contributed by atoms with E-state index in [-0.39, 0.29) is 16.6 Å². The predicted molar refractivity (Wildman–Crippen MR) is 185 cm³/mol. The fourth-order valence-electron chi connectivity index (χ4n) is 5.18. The molecule has 0 aliphatic heterocycles. The van der Waals surface area contributed by atoms with Crippen molar-refractivity contribution < 1.29 is 14.3 Å². The Morgan fingerprint density at radius 1 is 1.16 bits per heavy atom. The molecule has 1 unspecified atom stereocenters. The third-order valence-electron chi connectivity index (χ3n) is 7.48. The molecule has 0 amide bonds. The number of aliphatic hydroxyl groups is 1. The summed E-state index contributed by atoms with van der Waals surface area (Å²) in [5.74, 6) is 1.56. The van der Waals surface area contributed by atoms with Crippen LogP contribution in [0.1, 0.15) is 108 Å². The largest absolute Gasteiger partial charge is 0.508 e. The van der Waals surface area contributed by atoms with Crippen molar-refractivity contribution in [3.63, 3.8) is 0 Å². The highest BCUT2D eigenvalue weighted by Crippen LogP contribution is 2.36. The zero-order chi connectivity index (χ0) is 32.5. The van der Waals surface area contributed by atoms with Crippen LogP contribution in [0.25, 0.3) is 16.9 Å². The monoisotopic (exact) mass is 630 g/mol. The lowest BCUT2D eigenvalue weighted by Crippen LogP contribution is -2.20. The maximum atomic E-state index is 13.6. The van der Waals surface area contributed by atoms with Crippen LogP contribution in [0.2, 0.25) is 5.02 Å². The molecule has 3 rings (SSSR count). The Kier molecular flexibility index (Phi) is 17.9. The molecule has 1 atom stereocenters. The molecule has 1 aliphatic rings. The minimum absolute atomic E-state index is 0.0307. The van der Waals surface area contributed by atoms with Crippen LogP contribution in [-0.4, -0.2) is 23.8 Å². The van der Waals surface area contributed by atoms with E-state index < -0.39 is 5.83 Å². The Balaban J connectivity index is 0.000000592. The molecule has 0 spiro atoms. The third kappa shape index (κ3) is 12.0. The first-order valence-corrected chi connectivity index (χ1v) is 16.0. The first-order chi connectivity index (χ1) is 20.5. The van der Waals surface area contributed by atoms with Crippen molar-refractivity contribution in [3.8, 4) is 11.1 Å². The molecule has 1 aliphatic carbocycles. The summed E-state index contributed by atoms with van der Waals surface area (Å²) < 4.78 is 13.6. The first kappa shape index (κ1) is 38.1. The van der Waals surface area contributed by atoms with Gasteiger partial charge >= 0.3 is 0 Å². The molecule has 7 heteroatoms. The standard InChI is InChI=1S/C23H21Cl2FN2O2.C11H22.C2H6/c1-13(24)21(26)10-11-28-23(27-4)18-6-5-7-20(25)22(18)17-9-8-16(14(2)29)12-19(17)15(3)30;1-3-7-10(2)11-8-5-4-6-9-11;1-2/h5-12,30H,3H2,1-2,4H3,(H,27,28);10-11H,3-9H2,1-2H3;1-2H3/b11-10+,21-13-;;. The number of halogens is 3. The summed E-state index contributed by atoms with van der Waals surface area (Å²) >= 11 is 12.1. The fraction of sp³-hybridized carbons (Fsp3) is 0.444. The molecule has 0 aromatic heterocycles. The highest BCUT2D eigenvalue weighted by Gasteiger charge is 2.20. The highest BCUT2D eigenvalue weighted by atomic mass is 35.5. The van der Waals surface area contributed by atoms with Gasteiger partial charge in [-0.2, -0.15) is 0 Å². The Hall–Kier alpha value is -2.89.